The van der Waals surface area contributed by atoms with Crippen LogP contribution in [-0.4, -0.2) is 30.7 Å². The highest BCUT2D eigenvalue weighted by atomic mass is 16.4. The van der Waals surface area contributed by atoms with Crippen LogP contribution in [0.15, 0.2) is 6.07 Å². The normalized spacial score (nSPS) is 10.7. The number of aromatic carboxylic acids is 1. The van der Waals surface area contributed by atoms with Gasteiger partial charge in [0.1, 0.15) is 5.82 Å². The minimum absolute atomic E-state index is 0.0117. The maximum atomic E-state index is 10.7. The quantitative estimate of drug-likeness (QED) is 0.709. The highest BCUT2D eigenvalue weighted by Crippen LogP contribution is 2.05. The van der Waals surface area contributed by atoms with Crippen LogP contribution >= 0.6 is 0 Å². The van der Waals surface area contributed by atoms with E-state index in [1.807, 2.05) is 0 Å². The van der Waals surface area contributed by atoms with Crippen LogP contribution in [-0.2, 0) is 0 Å². The molecule has 0 aliphatic rings. The number of carboxylic acid groups (broad SMARTS) is 1. The number of fused-ring (bicyclic) bond motifs is 1. The van der Waals surface area contributed by atoms with Gasteiger partial charge in [0.15, 0.2) is 5.69 Å². The maximum absolute atomic E-state index is 10.7. The topological polar surface area (TPSA) is 80.4 Å². The Morgan fingerprint density at radius 1 is 1.43 bits per heavy atom. The number of carbonyl (C=O) groups is 1. The standard InChI is InChI=1S/C8H8N4O2/c1-4-3-6(7(13)14)10-8-9-5(2)11-12(4)8/h3H,1-2H3,(H,13,14). The molecule has 0 amide bonds. The molecule has 6 heteroatoms. The minimum Gasteiger partial charge on any atom is -0.477 e. The first-order chi connectivity index (χ1) is 6.58. The van der Waals surface area contributed by atoms with E-state index in [2.05, 4.69) is 15.1 Å². The Hall–Kier alpha value is -1.98. The molecule has 0 atom stereocenters. The lowest BCUT2D eigenvalue weighted by molar-refractivity contribution is 0.0690. The Balaban J connectivity index is 2.77. The molecule has 0 unspecified atom stereocenters. The highest BCUT2D eigenvalue weighted by molar-refractivity contribution is 5.85. The molecule has 0 aliphatic carbocycles. The van der Waals surface area contributed by atoms with E-state index in [1.54, 1.807) is 13.8 Å². The van der Waals surface area contributed by atoms with Gasteiger partial charge in [-0.15, -0.1) is 0 Å². The Kier molecular flexibility index (Phi) is 1.70. The molecule has 2 rings (SSSR count). The summed E-state index contributed by atoms with van der Waals surface area (Å²) in [6.45, 7) is 3.49. The molecular weight excluding hydrogens is 184 g/mol. The monoisotopic (exact) mass is 192 g/mol. The molecule has 6 nitrogen and oxygen atoms in total. The summed E-state index contributed by atoms with van der Waals surface area (Å²) >= 11 is 0. The van der Waals surface area contributed by atoms with Gasteiger partial charge in [0.05, 0.1) is 0 Å². The first-order valence-corrected chi connectivity index (χ1v) is 4.02. The molecule has 2 heterocycles. The number of hydrogen-bond acceptors (Lipinski definition) is 4. The van der Waals surface area contributed by atoms with Crippen molar-refractivity contribution >= 4 is 11.7 Å². The number of carboxylic acids is 1. The third kappa shape index (κ3) is 1.20. The van der Waals surface area contributed by atoms with Gasteiger partial charge in [-0.3, -0.25) is 0 Å². The summed E-state index contributed by atoms with van der Waals surface area (Å²) in [6.07, 6.45) is 0. The van der Waals surface area contributed by atoms with Gasteiger partial charge in [-0.25, -0.2) is 14.3 Å². The predicted octanol–water partition coefficient (Wildman–Crippen LogP) is 0.439. The second kappa shape index (κ2) is 2.76. The molecule has 72 valence electrons. The van der Waals surface area contributed by atoms with E-state index >= 15 is 0 Å². The van der Waals surface area contributed by atoms with Crippen LogP contribution < -0.4 is 0 Å². The van der Waals surface area contributed by atoms with Crippen molar-refractivity contribution < 1.29 is 9.90 Å². The average Bonchev–Trinajstić information content (AvgIpc) is 2.45. The Morgan fingerprint density at radius 3 is 2.79 bits per heavy atom. The predicted molar refractivity (Wildman–Crippen MR) is 47.2 cm³/mol. The number of aromatic nitrogens is 4. The second-order valence-electron chi connectivity index (χ2n) is 2.96. The van der Waals surface area contributed by atoms with Crippen molar-refractivity contribution in [1.29, 1.82) is 0 Å². The summed E-state index contributed by atoms with van der Waals surface area (Å²) in [5, 5.41) is 12.8. The molecule has 0 aliphatic heterocycles. The lowest BCUT2D eigenvalue weighted by atomic mass is 10.3. The fourth-order valence-electron chi connectivity index (χ4n) is 1.22. The van der Waals surface area contributed by atoms with Gasteiger partial charge in [-0.2, -0.15) is 10.1 Å². The molecule has 0 aromatic carbocycles. The van der Waals surface area contributed by atoms with E-state index in [4.69, 9.17) is 5.11 Å². The summed E-state index contributed by atoms with van der Waals surface area (Å²) in [5.41, 5.74) is 0.690. The SMILES string of the molecule is Cc1nc2nc(C(=O)O)cc(C)n2n1. The van der Waals surface area contributed by atoms with Gasteiger partial charge in [0, 0.05) is 5.69 Å². The second-order valence-corrected chi connectivity index (χ2v) is 2.96. The maximum Gasteiger partial charge on any atom is 0.354 e. The van der Waals surface area contributed by atoms with Crippen molar-refractivity contribution in [3.8, 4) is 0 Å². The smallest absolute Gasteiger partial charge is 0.354 e. The third-order valence-electron chi connectivity index (χ3n) is 1.82. The molecule has 0 fully saturated rings. The van der Waals surface area contributed by atoms with Crippen LogP contribution in [0.1, 0.15) is 22.0 Å². The Labute approximate surface area is 79.2 Å². The van der Waals surface area contributed by atoms with E-state index in [-0.39, 0.29) is 5.69 Å². The van der Waals surface area contributed by atoms with E-state index in [1.165, 1.54) is 10.6 Å². The minimum atomic E-state index is -1.06. The summed E-state index contributed by atoms with van der Waals surface area (Å²) in [4.78, 5) is 18.5. The zero-order valence-corrected chi connectivity index (χ0v) is 7.72. The van der Waals surface area contributed by atoms with E-state index in [0.29, 0.717) is 17.3 Å². The number of hydrogen-bond donors (Lipinski definition) is 1. The molecule has 2 aromatic heterocycles. The van der Waals surface area contributed by atoms with E-state index in [9.17, 15) is 4.79 Å². The Bertz CT molecular complexity index is 517. The van der Waals surface area contributed by atoms with E-state index in [0.717, 1.165) is 0 Å². The molecule has 0 saturated heterocycles. The molecule has 0 radical (unpaired) electrons. The van der Waals surface area contributed by atoms with Gasteiger partial charge in [0.2, 0.25) is 0 Å². The van der Waals surface area contributed by atoms with Gasteiger partial charge in [-0.05, 0) is 19.9 Å². The molecule has 0 saturated carbocycles. The zero-order valence-electron chi connectivity index (χ0n) is 7.72. The first kappa shape index (κ1) is 8.61. The lowest BCUT2D eigenvalue weighted by Gasteiger charge is -1.98. The van der Waals surface area contributed by atoms with Gasteiger partial charge in [0.25, 0.3) is 5.78 Å². The zero-order chi connectivity index (χ0) is 10.3. The molecular formula is C8H8N4O2. The highest BCUT2D eigenvalue weighted by Gasteiger charge is 2.10. The fourth-order valence-corrected chi connectivity index (χ4v) is 1.22. The van der Waals surface area contributed by atoms with Crippen molar-refractivity contribution in [2.45, 2.75) is 13.8 Å². The largest absolute Gasteiger partial charge is 0.477 e. The Morgan fingerprint density at radius 2 is 2.14 bits per heavy atom. The number of nitrogens with zero attached hydrogens (tertiary/aromatic N) is 4. The van der Waals surface area contributed by atoms with Gasteiger partial charge < -0.3 is 5.11 Å². The summed E-state index contributed by atoms with van der Waals surface area (Å²) in [6, 6.07) is 1.46. The van der Waals surface area contributed by atoms with Crippen LogP contribution in [0.5, 0.6) is 0 Å². The fraction of sp³-hybridized carbons (Fsp3) is 0.250. The number of rotatable bonds is 1. The number of aryl methyl sites for hydroxylation is 2. The average molecular weight is 192 g/mol. The summed E-state index contributed by atoms with van der Waals surface area (Å²) in [5.74, 6) is -0.167. The summed E-state index contributed by atoms with van der Waals surface area (Å²) in [7, 11) is 0. The molecule has 14 heavy (non-hydrogen) atoms. The van der Waals surface area contributed by atoms with Crippen molar-refractivity contribution in [2.75, 3.05) is 0 Å². The van der Waals surface area contributed by atoms with Crippen molar-refractivity contribution in [3.63, 3.8) is 0 Å². The van der Waals surface area contributed by atoms with Crippen LogP contribution in [0.2, 0.25) is 0 Å². The van der Waals surface area contributed by atoms with Crippen LogP contribution in [0.25, 0.3) is 5.78 Å². The summed E-state index contributed by atoms with van der Waals surface area (Å²) < 4.78 is 1.52. The molecule has 0 bridgehead atoms. The van der Waals surface area contributed by atoms with Crippen LogP contribution in [0, 0.1) is 13.8 Å². The third-order valence-corrected chi connectivity index (χ3v) is 1.82. The van der Waals surface area contributed by atoms with Gasteiger partial charge in [-0.1, -0.05) is 0 Å². The van der Waals surface area contributed by atoms with Crippen molar-refractivity contribution in [2.24, 2.45) is 0 Å². The lowest BCUT2D eigenvalue weighted by Crippen LogP contribution is -2.05. The van der Waals surface area contributed by atoms with Crippen LogP contribution in [0.4, 0.5) is 0 Å². The van der Waals surface area contributed by atoms with E-state index < -0.39 is 5.97 Å². The first-order valence-electron chi connectivity index (χ1n) is 4.02. The van der Waals surface area contributed by atoms with Crippen molar-refractivity contribution in [3.05, 3.63) is 23.3 Å². The molecule has 2 aromatic rings. The molecule has 0 spiro atoms. The van der Waals surface area contributed by atoms with Crippen molar-refractivity contribution in [1.82, 2.24) is 19.6 Å². The van der Waals surface area contributed by atoms with Gasteiger partial charge >= 0.3 is 5.97 Å². The van der Waals surface area contributed by atoms with Crippen LogP contribution in [0.3, 0.4) is 0 Å². The molecule has 1 N–H and O–H groups in total.